The summed E-state index contributed by atoms with van der Waals surface area (Å²) in [5.41, 5.74) is 0.976. The van der Waals surface area contributed by atoms with Crippen LogP contribution in [0.3, 0.4) is 0 Å². The molecule has 0 aromatic heterocycles. The third-order valence-electron chi connectivity index (χ3n) is 3.33. The molecule has 1 unspecified atom stereocenters. The average Bonchev–Trinajstić information content (AvgIpc) is 2.47. The Labute approximate surface area is 125 Å². The molecule has 0 bridgehead atoms. The third kappa shape index (κ3) is 5.53. The summed E-state index contributed by atoms with van der Waals surface area (Å²) in [6.07, 6.45) is 5.23. The summed E-state index contributed by atoms with van der Waals surface area (Å²) in [5, 5.41) is -0.0305. The fourth-order valence-corrected chi connectivity index (χ4v) is 2.34. The van der Waals surface area contributed by atoms with E-state index in [-0.39, 0.29) is 17.0 Å². The number of halogens is 1. The van der Waals surface area contributed by atoms with Gasteiger partial charge in [-0.25, -0.2) is 4.39 Å². The highest BCUT2D eigenvalue weighted by molar-refractivity contribution is 7.99. The van der Waals surface area contributed by atoms with Crippen molar-refractivity contribution in [3.8, 4) is 0 Å². The maximum absolute atomic E-state index is 12.9. The Morgan fingerprint density at radius 2 is 1.95 bits per heavy atom. The summed E-state index contributed by atoms with van der Waals surface area (Å²) in [7, 11) is 0. The Balaban J connectivity index is 2.70. The molecule has 1 aromatic rings. The molecule has 0 radical (unpaired) electrons. The molecule has 0 saturated carbocycles. The van der Waals surface area contributed by atoms with E-state index in [1.165, 1.54) is 12.1 Å². The molecule has 1 amide bonds. The van der Waals surface area contributed by atoms with E-state index in [0.29, 0.717) is 6.54 Å². The molecular formula is C16H24FNOS. The Kier molecular flexibility index (Phi) is 7.67. The van der Waals surface area contributed by atoms with Gasteiger partial charge in [0.05, 0.1) is 5.25 Å². The van der Waals surface area contributed by atoms with Crippen LogP contribution in [-0.2, 0) is 11.3 Å². The van der Waals surface area contributed by atoms with Crippen molar-refractivity contribution in [3.63, 3.8) is 0 Å². The van der Waals surface area contributed by atoms with Gasteiger partial charge in [0.2, 0.25) is 5.91 Å². The van der Waals surface area contributed by atoms with Crippen molar-refractivity contribution in [1.29, 1.82) is 0 Å². The number of benzene rings is 1. The van der Waals surface area contributed by atoms with Crippen molar-refractivity contribution in [2.24, 2.45) is 0 Å². The second-order valence-corrected chi connectivity index (χ2v) is 6.15. The van der Waals surface area contributed by atoms with Crippen LogP contribution in [0.15, 0.2) is 24.3 Å². The van der Waals surface area contributed by atoms with E-state index in [1.807, 2.05) is 18.1 Å². The van der Waals surface area contributed by atoms with Gasteiger partial charge in [0.25, 0.3) is 0 Å². The largest absolute Gasteiger partial charge is 0.337 e. The predicted octanol–water partition coefficient (Wildman–Crippen LogP) is 4.10. The Morgan fingerprint density at radius 3 is 2.50 bits per heavy atom. The molecular weight excluding hydrogens is 273 g/mol. The summed E-state index contributed by atoms with van der Waals surface area (Å²) in [5.74, 6) is -0.0759. The maximum atomic E-state index is 12.9. The summed E-state index contributed by atoms with van der Waals surface area (Å²) >= 11 is 1.56. The predicted molar refractivity (Wildman–Crippen MR) is 84.3 cm³/mol. The molecule has 4 heteroatoms. The number of unbranched alkanes of at least 4 members (excludes halogenated alkanes) is 2. The summed E-state index contributed by atoms with van der Waals surface area (Å²) in [6.45, 7) is 5.42. The van der Waals surface area contributed by atoms with Crippen LogP contribution in [0, 0.1) is 5.82 Å². The highest BCUT2D eigenvalue weighted by Crippen LogP contribution is 2.14. The number of hydrogen-bond acceptors (Lipinski definition) is 2. The lowest BCUT2D eigenvalue weighted by molar-refractivity contribution is -0.131. The number of hydrogen-bond donors (Lipinski definition) is 0. The van der Waals surface area contributed by atoms with E-state index >= 15 is 0 Å². The number of nitrogens with zero attached hydrogens (tertiary/aromatic N) is 1. The summed E-state index contributed by atoms with van der Waals surface area (Å²) < 4.78 is 12.9. The number of carbonyl (C=O) groups excluding carboxylic acids is 1. The standard InChI is InChI=1S/C16H24FNOS/c1-4-5-6-11-18(16(19)13(2)20-3)12-14-7-9-15(17)10-8-14/h7-10,13H,4-6,11-12H2,1-3H3. The van der Waals surface area contributed by atoms with E-state index in [9.17, 15) is 9.18 Å². The van der Waals surface area contributed by atoms with Gasteiger partial charge in [0.1, 0.15) is 5.82 Å². The minimum atomic E-state index is -0.241. The van der Waals surface area contributed by atoms with Crippen LogP contribution in [0.25, 0.3) is 0 Å². The average molecular weight is 297 g/mol. The van der Waals surface area contributed by atoms with Gasteiger partial charge in [-0.1, -0.05) is 31.9 Å². The molecule has 0 fully saturated rings. The first-order chi connectivity index (χ1) is 9.58. The molecule has 1 atom stereocenters. The first-order valence-electron chi connectivity index (χ1n) is 7.14. The lowest BCUT2D eigenvalue weighted by Crippen LogP contribution is -2.36. The molecule has 2 nitrogen and oxygen atoms in total. The van der Waals surface area contributed by atoms with E-state index in [4.69, 9.17) is 0 Å². The van der Waals surface area contributed by atoms with Gasteiger partial charge in [-0.05, 0) is 37.3 Å². The lowest BCUT2D eigenvalue weighted by atomic mass is 10.2. The monoisotopic (exact) mass is 297 g/mol. The molecule has 20 heavy (non-hydrogen) atoms. The molecule has 1 aromatic carbocycles. The molecule has 1 rings (SSSR count). The fourth-order valence-electron chi connectivity index (χ4n) is 1.99. The van der Waals surface area contributed by atoms with Gasteiger partial charge in [0, 0.05) is 13.1 Å². The van der Waals surface area contributed by atoms with Crippen LogP contribution in [0.1, 0.15) is 38.7 Å². The van der Waals surface area contributed by atoms with Gasteiger partial charge in [-0.3, -0.25) is 4.79 Å². The zero-order valence-corrected chi connectivity index (χ0v) is 13.4. The zero-order chi connectivity index (χ0) is 15.0. The minimum Gasteiger partial charge on any atom is -0.337 e. The Bertz CT molecular complexity index is 407. The Morgan fingerprint density at radius 1 is 1.30 bits per heavy atom. The van der Waals surface area contributed by atoms with Gasteiger partial charge in [-0.2, -0.15) is 11.8 Å². The summed E-state index contributed by atoms with van der Waals surface area (Å²) in [4.78, 5) is 14.3. The van der Waals surface area contributed by atoms with Crippen LogP contribution in [-0.4, -0.2) is 28.9 Å². The van der Waals surface area contributed by atoms with Crippen LogP contribution in [0.4, 0.5) is 4.39 Å². The minimum absolute atomic E-state index is 0.0305. The molecule has 0 spiro atoms. The molecule has 112 valence electrons. The maximum Gasteiger partial charge on any atom is 0.235 e. The van der Waals surface area contributed by atoms with Gasteiger partial charge in [-0.15, -0.1) is 0 Å². The van der Waals surface area contributed by atoms with E-state index in [0.717, 1.165) is 31.4 Å². The van der Waals surface area contributed by atoms with Crippen molar-refractivity contribution >= 4 is 17.7 Å². The summed E-state index contributed by atoms with van der Waals surface area (Å²) in [6, 6.07) is 6.39. The van der Waals surface area contributed by atoms with Crippen molar-refractivity contribution in [3.05, 3.63) is 35.6 Å². The van der Waals surface area contributed by atoms with E-state index in [1.54, 1.807) is 23.9 Å². The SMILES string of the molecule is CCCCCN(Cc1ccc(F)cc1)C(=O)C(C)SC. The molecule has 0 N–H and O–H groups in total. The first-order valence-corrected chi connectivity index (χ1v) is 8.43. The van der Waals surface area contributed by atoms with Crippen molar-refractivity contribution in [2.45, 2.75) is 44.9 Å². The van der Waals surface area contributed by atoms with Gasteiger partial charge >= 0.3 is 0 Å². The highest BCUT2D eigenvalue weighted by Gasteiger charge is 2.19. The Hall–Kier alpha value is -1.03. The van der Waals surface area contributed by atoms with Gasteiger partial charge < -0.3 is 4.90 Å². The normalized spacial score (nSPS) is 12.2. The van der Waals surface area contributed by atoms with Crippen LogP contribution < -0.4 is 0 Å². The van der Waals surface area contributed by atoms with E-state index < -0.39 is 0 Å². The number of rotatable bonds is 8. The topological polar surface area (TPSA) is 20.3 Å². The molecule has 0 heterocycles. The van der Waals surface area contributed by atoms with Crippen molar-refractivity contribution in [2.75, 3.05) is 12.8 Å². The third-order valence-corrected chi connectivity index (χ3v) is 4.24. The molecule has 0 aliphatic carbocycles. The van der Waals surface area contributed by atoms with Crippen LogP contribution in [0.5, 0.6) is 0 Å². The van der Waals surface area contributed by atoms with E-state index in [2.05, 4.69) is 6.92 Å². The number of amides is 1. The number of carbonyl (C=O) groups is 1. The molecule has 0 aliphatic rings. The molecule has 0 aliphatic heterocycles. The van der Waals surface area contributed by atoms with Crippen LogP contribution in [0.2, 0.25) is 0 Å². The van der Waals surface area contributed by atoms with Crippen LogP contribution >= 0.6 is 11.8 Å². The second-order valence-electron chi connectivity index (χ2n) is 4.97. The second kappa shape index (κ2) is 9.01. The lowest BCUT2D eigenvalue weighted by Gasteiger charge is -2.25. The fraction of sp³-hybridized carbons (Fsp3) is 0.562. The van der Waals surface area contributed by atoms with Crippen molar-refractivity contribution < 1.29 is 9.18 Å². The van der Waals surface area contributed by atoms with Crippen molar-refractivity contribution in [1.82, 2.24) is 4.90 Å². The smallest absolute Gasteiger partial charge is 0.235 e. The zero-order valence-electron chi connectivity index (χ0n) is 12.6. The first kappa shape index (κ1) is 17.0. The highest BCUT2D eigenvalue weighted by atomic mass is 32.2. The van der Waals surface area contributed by atoms with Gasteiger partial charge in [0.15, 0.2) is 0 Å². The molecule has 0 saturated heterocycles. The quantitative estimate of drug-likeness (QED) is 0.673. The number of thioether (sulfide) groups is 1.